The van der Waals surface area contributed by atoms with Gasteiger partial charge in [-0.3, -0.25) is 0 Å². The van der Waals surface area contributed by atoms with Gasteiger partial charge in [-0.15, -0.1) is 0 Å². The second-order valence-electron chi connectivity index (χ2n) is 6.60. The van der Waals surface area contributed by atoms with Crippen molar-refractivity contribution in [1.29, 1.82) is 0 Å². The predicted molar refractivity (Wildman–Crippen MR) is 95.7 cm³/mol. The molecule has 1 saturated heterocycles. The highest BCUT2D eigenvalue weighted by atomic mass is 16.5. The van der Waals surface area contributed by atoms with Gasteiger partial charge in [0.15, 0.2) is 0 Å². The quantitative estimate of drug-likeness (QED) is 0.842. The molecule has 1 aliphatic heterocycles. The zero-order valence-corrected chi connectivity index (χ0v) is 14.7. The van der Waals surface area contributed by atoms with Crippen molar-refractivity contribution in [3.8, 4) is 5.75 Å². The second kappa shape index (κ2) is 8.38. The summed E-state index contributed by atoms with van der Waals surface area (Å²) in [5, 5.41) is 2.98. The highest BCUT2D eigenvalue weighted by molar-refractivity contribution is 5.74. The summed E-state index contributed by atoms with van der Waals surface area (Å²) < 4.78 is 5.94. The Morgan fingerprint density at radius 3 is 2.75 bits per heavy atom. The van der Waals surface area contributed by atoms with Crippen LogP contribution in [-0.4, -0.2) is 61.7 Å². The number of nitrogens with one attached hydrogen (secondary N) is 1. The minimum atomic E-state index is 0.0319. The summed E-state index contributed by atoms with van der Waals surface area (Å²) in [4.78, 5) is 16.4. The van der Waals surface area contributed by atoms with Gasteiger partial charge in [0, 0.05) is 26.2 Å². The van der Waals surface area contributed by atoms with Gasteiger partial charge in [0.2, 0.25) is 0 Å². The van der Waals surface area contributed by atoms with Gasteiger partial charge in [-0.05, 0) is 49.4 Å². The van der Waals surface area contributed by atoms with Crippen molar-refractivity contribution in [3.05, 3.63) is 29.3 Å². The van der Waals surface area contributed by atoms with E-state index in [2.05, 4.69) is 35.3 Å². The Morgan fingerprint density at radius 2 is 1.96 bits per heavy atom. The normalized spacial score (nSPS) is 18.1. The first-order valence-electron chi connectivity index (χ1n) is 9.26. The molecule has 0 atom stereocenters. The van der Waals surface area contributed by atoms with Crippen LogP contribution in [0.2, 0.25) is 0 Å². The highest BCUT2D eigenvalue weighted by Crippen LogP contribution is 2.29. The fourth-order valence-electron chi connectivity index (χ4n) is 3.58. The molecule has 1 aromatic carbocycles. The van der Waals surface area contributed by atoms with Gasteiger partial charge >= 0.3 is 6.03 Å². The third kappa shape index (κ3) is 4.20. The van der Waals surface area contributed by atoms with Crippen LogP contribution < -0.4 is 10.1 Å². The monoisotopic (exact) mass is 331 g/mol. The third-order valence-electron chi connectivity index (χ3n) is 5.10. The Kier molecular flexibility index (Phi) is 5.96. The lowest BCUT2D eigenvalue weighted by Crippen LogP contribution is -2.52. The first-order chi connectivity index (χ1) is 11.8. The molecule has 1 aliphatic carbocycles. The van der Waals surface area contributed by atoms with Gasteiger partial charge in [0.25, 0.3) is 0 Å². The first kappa shape index (κ1) is 17.1. The molecule has 0 bridgehead atoms. The van der Waals surface area contributed by atoms with E-state index < -0.39 is 0 Å². The van der Waals surface area contributed by atoms with Crippen LogP contribution >= 0.6 is 0 Å². The van der Waals surface area contributed by atoms with Crippen molar-refractivity contribution in [1.82, 2.24) is 15.1 Å². The minimum absolute atomic E-state index is 0.0319. The molecule has 0 unspecified atom stereocenters. The van der Waals surface area contributed by atoms with Gasteiger partial charge < -0.3 is 19.9 Å². The van der Waals surface area contributed by atoms with E-state index in [0.717, 1.165) is 51.3 Å². The van der Waals surface area contributed by atoms with E-state index in [4.69, 9.17) is 4.74 Å². The molecule has 5 nitrogen and oxygen atoms in total. The summed E-state index contributed by atoms with van der Waals surface area (Å²) in [5.74, 6) is 0.998. The van der Waals surface area contributed by atoms with Crippen LogP contribution in [0.15, 0.2) is 18.2 Å². The van der Waals surface area contributed by atoms with Gasteiger partial charge in [0.05, 0.1) is 6.54 Å². The molecule has 0 spiro atoms. The molecule has 1 heterocycles. The van der Waals surface area contributed by atoms with Crippen molar-refractivity contribution in [2.45, 2.75) is 32.6 Å². The Balaban J connectivity index is 1.40. The van der Waals surface area contributed by atoms with E-state index in [0.29, 0.717) is 13.2 Å². The zero-order valence-electron chi connectivity index (χ0n) is 14.7. The fourth-order valence-corrected chi connectivity index (χ4v) is 3.58. The Morgan fingerprint density at radius 1 is 1.17 bits per heavy atom. The summed E-state index contributed by atoms with van der Waals surface area (Å²) in [6, 6.07) is 6.37. The molecule has 1 N–H and O–H groups in total. The topological polar surface area (TPSA) is 44.8 Å². The lowest BCUT2D eigenvalue weighted by atomic mass is 9.91. The number of ether oxygens (including phenoxy) is 1. The molecule has 2 amide bonds. The maximum absolute atomic E-state index is 12.2. The fraction of sp³-hybridized carbons (Fsp3) is 0.632. The van der Waals surface area contributed by atoms with Crippen LogP contribution in [0, 0.1) is 0 Å². The second-order valence-corrected chi connectivity index (χ2v) is 6.60. The minimum Gasteiger partial charge on any atom is -0.491 e. The number of fused-ring (bicyclic) bond motifs is 1. The lowest BCUT2D eigenvalue weighted by Gasteiger charge is -2.34. The largest absolute Gasteiger partial charge is 0.491 e. The maximum atomic E-state index is 12.2. The molecule has 0 aromatic heterocycles. The van der Waals surface area contributed by atoms with E-state index in [1.807, 2.05) is 4.90 Å². The summed E-state index contributed by atoms with van der Waals surface area (Å²) in [5.41, 5.74) is 2.79. The molecule has 0 saturated carbocycles. The summed E-state index contributed by atoms with van der Waals surface area (Å²) in [6.45, 7) is 7.86. The van der Waals surface area contributed by atoms with Crippen molar-refractivity contribution in [3.63, 3.8) is 0 Å². The molecule has 3 rings (SSSR count). The van der Waals surface area contributed by atoms with Crippen LogP contribution in [0.4, 0.5) is 4.79 Å². The number of carbonyl (C=O) groups excluding carboxylic acids is 1. The van der Waals surface area contributed by atoms with Crippen LogP contribution in [0.5, 0.6) is 5.75 Å². The van der Waals surface area contributed by atoms with Crippen molar-refractivity contribution < 1.29 is 9.53 Å². The predicted octanol–water partition coefficient (Wildman–Crippen LogP) is 2.29. The Bertz CT molecular complexity index is 554. The van der Waals surface area contributed by atoms with Crippen LogP contribution in [-0.2, 0) is 12.8 Å². The smallest absolute Gasteiger partial charge is 0.317 e. The van der Waals surface area contributed by atoms with E-state index in [-0.39, 0.29) is 6.03 Å². The average molecular weight is 331 g/mol. The molecule has 1 fully saturated rings. The lowest BCUT2D eigenvalue weighted by molar-refractivity contribution is 0.142. The molecular weight excluding hydrogens is 302 g/mol. The number of amides is 2. The SMILES string of the molecule is CCN1CCN(C(=O)NCCOc2cccc3c2CCCC3)CC1. The van der Waals surface area contributed by atoms with Crippen LogP contribution in [0.1, 0.15) is 30.9 Å². The molecule has 0 radical (unpaired) electrons. The summed E-state index contributed by atoms with van der Waals surface area (Å²) >= 11 is 0. The van der Waals surface area contributed by atoms with Gasteiger partial charge in [-0.25, -0.2) is 4.79 Å². The van der Waals surface area contributed by atoms with Gasteiger partial charge in [-0.2, -0.15) is 0 Å². The summed E-state index contributed by atoms with van der Waals surface area (Å²) in [6.07, 6.45) is 4.79. The number of hydrogen-bond acceptors (Lipinski definition) is 3. The average Bonchev–Trinajstić information content (AvgIpc) is 2.65. The van der Waals surface area contributed by atoms with E-state index in [1.54, 1.807) is 0 Å². The van der Waals surface area contributed by atoms with E-state index in [1.165, 1.54) is 24.0 Å². The molecule has 2 aliphatic rings. The van der Waals surface area contributed by atoms with Crippen molar-refractivity contribution in [2.75, 3.05) is 45.9 Å². The standard InChI is InChI=1S/C19H29N3O2/c1-2-21-11-13-22(14-12-21)19(23)20-10-15-24-18-9-5-7-16-6-3-4-8-17(16)18/h5,7,9H,2-4,6,8,10-15H2,1H3,(H,20,23). The molecule has 24 heavy (non-hydrogen) atoms. The number of nitrogens with zero attached hydrogens (tertiary/aromatic N) is 2. The number of hydrogen-bond donors (Lipinski definition) is 1. The van der Waals surface area contributed by atoms with Crippen LogP contribution in [0.3, 0.4) is 0 Å². The first-order valence-corrected chi connectivity index (χ1v) is 9.26. The Labute approximate surface area is 145 Å². The van der Waals surface area contributed by atoms with Gasteiger partial charge in [-0.1, -0.05) is 19.1 Å². The summed E-state index contributed by atoms with van der Waals surface area (Å²) in [7, 11) is 0. The Hall–Kier alpha value is -1.75. The maximum Gasteiger partial charge on any atom is 0.317 e. The van der Waals surface area contributed by atoms with E-state index in [9.17, 15) is 4.79 Å². The van der Waals surface area contributed by atoms with Crippen molar-refractivity contribution in [2.24, 2.45) is 0 Å². The number of benzene rings is 1. The molecule has 132 valence electrons. The number of carbonyl (C=O) groups is 1. The van der Waals surface area contributed by atoms with Gasteiger partial charge in [0.1, 0.15) is 12.4 Å². The number of aryl methyl sites for hydroxylation is 1. The highest BCUT2D eigenvalue weighted by Gasteiger charge is 2.19. The number of urea groups is 1. The molecule has 1 aromatic rings. The van der Waals surface area contributed by atoms with E-state index >= 15 is 0 Å². The molecular formula is C19H29N3O2. The number of likely N-dealkylation sites (N-methyl/N-ethyl adjacent to an activating group) is 1. The van der Waals surface area contributed by atoms with Crippen molar-refractivity contribution >= 4 is 6.03 Å². The zero-order chi connectivity index (χ0) is 16.8. The number of piperazine rings is 1. The molecule has 5 heteroatoms. The third-order valence-corrected chi connectivity index (χ3v) is 5.10. The number of rotatable bonds is 5. The van der Waals surface area contributed by atoms with Crippen LogP contribution in [0.25, 0.3) is 0 Å².